The maximum absolute atomic E-state index is 12.7. The molecule has 0 radical (unpaired) electrons. The summed E-state index contributed by atoms with van der Waals surface area (Å²) < 4.78 is 38.9. The highest BCUT2D eigenvalue weighted by Gasteiger charge is 2.39. The zero-order valence-corrected chi connectivity index (χ0v) is 36.2. The molecule has 14 heteroatoms. The van der Waals surface area contributed by atoms with Crippen molar-refractivity contribution in [3.05, 3.63) is 34.8 Å². The summed E-state index contributed by atoms with van der Waals surface area (Å²) in [6, 6.07) is 0. The number of phosphoric acid groups is 1. The fraction of sp³-hybridized carbons (Fsp3) is 0.791. The van der Waals surface area contributed by atoms with Crippen LogP contribution in [0.2, 0.25) is 0 Å². The Morgan fingerprint density at radius 3 is 2.16 bits per heavy atom. The average molecular weight is 828 g/mol. The van der Waals surface area contributed by atoms with Crippen LogP contribution in [0.1, 0.15) is 158 Å². The zero-order valence-electron chi connectivity index (χ0n) is 35.3. The summed E-state index contributed by atoms with van der Waals surface area (Å²) in [6.07, 6.45) is 17.3. The van der Waals surface area contributed by atoms with E-state index in [0.29, 0.717) is 25.7 Å². The fourth-order valence-electron chi connectivity index (χ4n) is 7.23. The number of unbranched alkanes of at least 4 members (excludes halogenated alkanes) is 10. The number of esters is 2. The summed E-state index contributed by atoms with van der Waals surface area (Å²) in [6.45, 7) is 7.48. The summed E-state index contributed by atoms with van der Waals surface area (Å²) in [5.74, 6) is 0.598. The number of hydrogen-bond donors (Lipinski definition) is 4. The SMILES string of the molecule is CCCCC[C@H](O)/C=C/[C@H]1C(=O)C[C@H](O)[C@@H]1CCCCCCC(=O)OC[C@H](COP(=O)(O)OCCN)OC(=O)CCCCCCCCc1oc(CCC)c(C)c1C. The van der Waals surface area contributed by atoms with Crippen LogP contribution in [0.5, 0.6) is 0 Å². The number of nitrogens with two attached hydrogens (primary N) is 1. The summed E-state index contributed by atoms with van der Waals surface area (Å²) in [4.78, 5) is 47.7. The molecule has 13 nitrogen and oxygen atoms in total. The number of hydrogen-bond acceptors (Lipinski definition) is 12. The number of aryl methyl sites for hydroxylation is 2. The third kappa shape index (κ3) is 20.9. The second-order valence-corrected chi connectivity index (χ2v) is 17.0. The third-order valence-corrected chi connectivity index (χ3v) is 11.7. The first kappa shape index (κ1) is 50.8. The minimum absolute atomic E-state index is 0.000752. The van der Waals surface area contributed by atoms with Gasteiger partial charge in [-0.1, -0.05) is 90.2 Å². The van der Waals surface area contributed by atoms with Crippen LogP contribution < -0.4 is 5.73 Å². The first-order valence-electron chi connectivity index (χ1n) is 21.6. The first-order valence-corrected chi connectivity index (χ1v) is 23.1. The number of carbonyl (C=O) groups excluding carboxylic acids is 3. The number of aliphatic hydroxyl groups excluding tert-OH is 2. The molecule has 1 aromatic heterocycles. The molecule has 0 saturated heterocycles. The molecule has 1 aliphatic carbocycles. The van der Waals surface area contributed by atoms with E-state index in [4.69, 9.17) is 28.7 Å². The van der Waals surface area contributed by atoms with Gasteiger partial charge < -0.3 is 34.7 Å². The number of carbonyl (C=O) groups is 3. The van der Waals surface area contributed by atoms with Crippen LogP contribution >= 0.6 is 7.82 Å². The largest absolute Gasteiger partial charge is 0.472 e. The second kappa shape index (κ2) is 28.9. The van der Waals surface area contributed by atoms with Crippen LogP contribution in [0.15, 0.2) is 16.6 Å². The minimum atomic E-state index is -4.45. The number of rotatable bonds is 33. The standard InChI is InChI=1S/C43H74NO12P/c1-5-7-14-20-34(45)25-26-37-36(38(46)29-39(37)47)21-15-12-13-17-23-42(48)52-30-35(31-54-57(50,51)53-28-27-44)55-43(49)24-18-11-9-8-10-16-22-41-33(4)32(3)40(56-41)19-6-2/h25-26,34-38,45-46H,5-24,27-31,44H2,1-4H3,(H,50,51)/b26-25+/t34-,35+,36+,37+,38-/m0/s1. The molecule has 1 saturated carbocycles. The molecule has 328 valence electrons. The number of ether oxygens (including phenoxy) is 2. The Morgan fingerprint density at radius 2 is 1.49 bits per heavy atom. The van der Waals surface area contributed by atoms with Gasteiger partial charge in [-0.15, -0.1) is 0 Å². The van der Waals surface area contributed by atoms with Crippen molar-refractivity contribution in [2.24, 2.45) is 17.6 Å². The van der Waals surface area contributed by atoms with Crippen molar-refractivity contribution < 1.29 is 57.0 Å². The van der Waals surface area contributed by atoms with Crippen molar-refractivity contribution in [3.63, 3.8) is 0 Å². The topological polar surface area (TPSA) is 205 Å². The van der Waals surface area contributed by atoms with Gasteiger partial charge in [-0.3, -0.25) is 23.4 Å². The number of allylic oxidation sites excluding steroid dienone is 1. The van der Waals surface area contributed by atoms with Crippen LogP contribution in [0.3, 0.4) is 0 Å². The van der Waals surface area contributed by atoms with Gasteiger partial charge in [0, 0.05) is 44.6 Å². The van der Waals surface area contributed by atoms with Gasteiger partial charge in [-0.2, -0.15) is 0 Å². The summed E-state index contributed by atoms with van der Waals surface area (Å²) >= 11 is 0. The Balaban J connectivity index is 1.70. The Kier molecular flexibility index (Phi) is 25.8. The van der Waals surface area contributed by atoms with E-state index in [1.54, 1.807) is 12.2 Å². The molecule has 0 bridgehead atoms. The Hall–Kier alpha value is -2.38. The van der Waals surface area contributed by atoms with Gasteiger partial charge in [-0.25, -0.2) is 4.57 Å². The normalized spacial score (nSPS) is 19.2. The fourth-order valence-corrected chi connectivity index (χ4v) is 8.00. The van der Waals surface area contributed by atoms with Crippen molar-refractivity contribution in [2.75, 3.05) is 26.4 Å². The van der Waals surface area contributed by atoms with E-state index in [9.17, 15) is 34.1 Å². The first-order chi connectivity index (χ1) is 27.3. The monoisotopic (exact) mass is 827 g/mol. The average Bonchev–Trinajstić information content (AvgIpc) is 3.60. The maximum atomic E-state index is 12.7. The van der Waals surface area contributed by atoms with Gasteiger partial charge in [-0.05, 0) is 69.4 Å². The van der Waals surface area contributed by atoms with Crippen LogP contribution in [-0.4, -0.2) is 77.5 Å². The number of aliphatic hydroxyl groups is 2. The van der Waals surface area contributed by atoms with E-state index < -0.39 is 50.6 Å². The minimum Gasteiger partial charge on any atom is -0.466 e. The van der Waals surface area contributed by atoms with Gasteiger partial charge in [0.1, 0.15) is 23.9 Å². The van der Waals surface area contributed by atoms with E-state index in [1.165, 1.54) is 11.1 Å². The molecule has 5 N–H and O–H groups in total. The lowest BCUT2D eigenvalue weighted by Crippen LogP contribution is -2.29. The molecule has 2 rings (SSSR count). The van der Waals surface area contributed by atoms with Gasteiger partial charge in [0.05, 0.1) is 25.4 Å². The molecule has 0 aromatic carbocycles. The molecule has 1 unspecified atom stereocenters. The van der Waals surface area contributed by atoms with Gasteiger partial charge in [0.25, 0.3) is 0 Å². The van der Waals surface area contributed by atoms with Crippen LogP contribution in [0.25, 0.3) is 0 Å². The van der Waals surface area contributed by atoms with E-state index in [-0.39, 0.29) is 50.7 Å². The number of furan rings is 1. The van der Waals surface area contributed by atoms with Crippen LogP contribution in [0.4, 0.5) is 0 Å². The molecule has 1 fully saturated rings. The predicted octanol–water partition coefficient (Wildman–Crippen LogP) is 8.07. The van der Waals surface area contributed by atoms with Gasteiger partial charge in [0.2, 0.25) is 0 Å². The maximum Gasteiger partial charge on any atom is 0.472 e. The van der Waals surface area contributed by atoms with Gasteiger partial charge in [0.15, 0.2) is 6.10 Å². The molecule has 1 heterocycles. The smallest absolute Gasteiger partial charge is 0.466 e. The molecule has 0 aliphatic heterocycles. The quantitative estimate of drug-likeness (QED) is 0.0229. The Morgan fingerprint density at radius 1 is 0.860 bits per heavy atom. The zero-order chi connectivity index (χ0) is 42.1. The van der Waals surface area contributed by atoms with Crippen LogP contribution in [0, 0.1) is 25.7 Å². The number of ketones is 1. The summed E-state index contributed by atoms with van der Waals surface area (Å²) in [5, 5.41) is 20.7. The lowest BCUT2D eigenvalue weighted by Gasteiger charge is -2.20. The molecular weight excluding hydrogens is 753 g/mol. The van der Waals surface area contributed by atoms with Crippen molar-refractivity contribution in [1.29, 1.82) is 0 Å². The molecule has 1 aromatic rings. The highest BCUT2D eigenvalue weighted by atomic mass is 31.2. The highest BCUT2D eigenvalue weighted by Crippen LogP contribution is 2.43. The molecule has 0 spiro atoms. The van der Waals surface area contributed by atoms with E-state index in [0.717, 1.165) is 101 Å². The number of Topliss-reactive ketones (excluding diaryl/α,β-unsaturated/α-hetero) is 1. The third-order valence-electron chi connectivity index (χ3n) is 10.7. The number of phosphoric ester groups is 1. The second-order valence-electron chi connectivity index (χ2n) is 15.6. The van der Waals surface area contributed by atoms with E-state index >= 15 is 0 Å². The molecule has 1 aliphatic rings. The Bertz CT molecular complexity index is 1380. The molecule has 6 atom stereocenters. The summed E-state index contributed by atoms with van der Waals surface area (Å²) in [5.41, 5.74) is 7.88. The van der Waals surface area contributed by atoms with Crippen molar-refractivity contribution in [1.82, 2.24) is 0 Å². The molecule has 0 amide bonds. The van der Waals surface area contributed by atoms with E-state index in [1.807, 2.05) is 0 Å². The van der Waals surface area contributed by atoms with Crippen LogP contribution in [-0.2, 0) is 50.3 Å². The Labute approximate surface area is 341 Å². The molecule has 57 heavy (non-hydrogen) atoms. The lowest BCUT2D eigenvalue weighted by molar-refractivity contribution is -0.161. The molecular formula is C43H74NO12P. The predicted molar refractivity (Wildman–Crippen MR) is 219 cm³/mol. The lowest BCUT2D eigenvalue weighted by atomic mass is 9.88. The van der Waals surface area contributed by atoms with Crippen molar-refractivity contribution in [2.45, 2.75) is 181 Å². The highest BCUT2D eigenvalue weighted by molar-refractivity contribution is 7.47. The van der Waals surface area contributed by atoms with E-state index in [2.05, 4.69) is 27.7 Å². The van der Waals surface area contributed by atoms with Gasteiger partial charge >= 0.3 is 19.8 Å². The van der Waals surface area contributed by atoms with Crippen molar-refractivity contribution >= 4 is 25.5 Å². The summed E-state index contributed by atoms with van der Waals surface area (Å²) in [7, 11) is -4.45. The van der Waals surface area contributed by atoms with Crippen molar-refractivity contribution in [3.8, 4) is 0 Å².